The van der Waals surface area contributed by atoms with Gasteiger partial charge in [0, 0.05) is 44.3 Å². The molecule has 36 heavy (non-hydrogen) atoms. The maximum Gasteiger partial charge on any atom is 0.303 e. The molecule has 0 fully saturated rings. The smallest absolute Gasteiger partial charge is 0.303 e. The summed E-state index contributed by atoms with van der Waals surface area (Å²) in [5.41, 5.74) is 2.90. The number of rotatable bonds is 9. The van der Waals surface area contributed by atoms with Crippen LogP contribution in [0.15, 0.2) is 91.5 Å². The average molecular weight is 508 g/mol. The topological polar surface area (TPSA) is 87.5 Å². The summed E-state index contributed by atoms with van der Waals surface area (Å²) in [5, 5.41) is 2.88. The summed E-state index contributed by atoms with van der Waals surface area (Å²) >= 11 is 0. The number of nitrogens with zero attached hydrogens (tertiary/aromatic N) is 4. The molecule has 0 aliphatic rings. The van der Waals surface area contributed by atoms with E-state index in [-0.39, 0.29) is 18.1 Å². The van der Waals surface area contributed by atoms with Crippen LogP contribution in [0.2, 0.25) is 0 Å². The van der Waals surface area contributed by atoms with Crippen molar-refractivity contribution in [3.8, 4) is 5.69 Å². The maximum atomic E-state index is 14.4. The molecule has 4 aromatic rings. The Hall–Kier alpha value is -4.02. The Labute approximate surface area is 209 Å². The fourth-order valence-electron chi connectivity index (χ4n) is 3.55. The lowest BCUT2D eigenvalue weighted by Crippen LogP contribution is -2.40. The highest BCUT2D eigenvalue weighted by Gasteiger charge is 2.27. The van der Waals surface area contributed by atoms with E-state index in [4.69, 9.17) is 0 Å². The van der Waals surface area contributed by atoms with Crippen molar-refractivity contribution < 1.29 is 17.6 Å². The van der Waals surface area contributed by atoms with Crippen molar-refractivity contribution in [3.63, 3.8) is 0 Å². The predicted molar refractivity (Wildman–Crippen MR) is 136 cm³/mol. The van der Waals surface area contributed by atoms with Crippen LogP contribution in [0.5, 0.6) is 0 Å². The Balaban J connectivity index is 1.43. The maximum absolute atomic E-state index is 14.4. The highest BCUT2D eigenvalue weighted by molar-refractivity contribution is 7.90. The Morgan fingerprint density at radius 3 is 2.25 bits per heavy atom. The highest BCUT2D eigenvalue weighted by Crippen LogP contribution is 2.25. The number of carbonyl (C=O) groups is 1. The van der Waals surface area contributed by atoms with Crippen molar-refractivity contribution in [1.82, 2.24) is 19.2 Å². The fourth-order valence-corrected chi connectivity index (χ4v) is 4.65. The summed E-state index contributed by atoms with van der Waals surface area (Å²) in [4.78, 5) is 16.7. The van der Waals surface area contributed by atoms with Crippen LogP contribution in [0.1, 0.15) is 21.5 Å². The quantitative estimate of drug-likeness (QED) is 0.374. The fraction of sp³-hybridized carbons (Fsp3) is 0.154. The largest absolute Gasteiger partial charge is 0.348 e. The van der Waals surface area contributed by atoms with E-state index >= 15 is 0 Å². The monoisotopic (exact) mass is 507 g/mol. The minimum absolute atomic E-state index is 0.0490. The zero-order valence-electron chi connectivity index (χ0n) is 19.9. The Morgan fingerprint density at radius 2 is 1.64 bits per heavy atom. The third-order valence-electron chi connectivity index (χ3n) is 5.60. The van der Waals surface area contributed by atoms with Crippen LogP contribution in [0.3, 0.4) is 0 Å². The second-order valence-corrected chi connectivity index (χ2v) is 10.3. The van der Waals surface area contributed by atoms with Crippen molar-refractivity contribution >= 4 is 21.8 Å². The molecule has 186 valence electrons. The van der Waals surface area contributed by atoms with Gasteiger partial charge in [0.1, 0.15) is 5.82 Å². The van der Waals surface area contributed by atoms with E-state index in [1.54, 1.807) is 42.9 Å². The van der Waals surface area contributed by atoms with Gasteiger partial charge in [-0.2, -0.15) is 12.7 Å². The zero-order chi connectivity index (χ0) is 25.7. The molecule has 0 bridgehead atoms. The number of anilines is 1. The standard InChI is InChI=1S/C26H26FN5O3S/c1-30(2)36(34,35)32(25-6-4-3-5-24(25)27)18-21-7-11-22(12-8-21)26(33)29-17-20-9-13-23(14-10-20)31-16-15-28-19-31/h3-16,19H,17-18H2,1-2H3,(H,29,33). The number of aromatic nitrogens is 2. The molecule has 0 saturated carbocycles. The van der Waals surface area contributed by atoms with Gasteiger partial charge < -0.3 is 9.88 Å². The van der Waals surface area contributed by atoms with Gasteiger partial charge in [0.15, 0.2) is 0 Å². The summed E-state index contributed by atoms with van der Waals surface area (Å²) < 4.78 is 44.1. The minimum Gasteiger partial charge on any atom is -0.348 e. The molecule has 4 rings (SSSR count). The van der Waals surface area contributed by atoms with Crippen LogP contribution in [0.25, 0.3) is 5.69 Å². The molecular weight excluding hydrogens is 481 g/mol. The lowest BCUT2D eigenvalue weighted by atomic mass is 10.1. The third-order valence-corrected chi connectivity index (χ3v) is 7.40. The summed E-state index contributed by atoms with van der Waals surface area (Å²) in [7, 11) is -1.17. The van der Waals surface area contributed by atoms with Gasteiger partial charge in [-0.05, 0) is 47.5 Å². The van der Waals surface area contributed by atoms with Crippen molar-refractivity contribution in [2.24, 2.45) is 0 Å². The van der Waals surface area contributed by atoms with Crippen LogP contribution in [-0.2, 0) is 23.3 Å². The molecule has 0 unspecified atom stereocenters. The number of halogens is 1. The van der Waals surface area contributed by atoms with Crippen molar-refractivity contribution in [3.05, 3.63) is 114 Å². The van der Waals surface area contributed by atoms with Crippen LogP contribution in [0, 0.1) is 5.82 Å². The first-order chi connectivity index (χ1) is 17.3. The number of carbonyl (C=O) groups excluding carboxylic acids is 1. The molecule has 1 N–H and O–H groups in total. The van der Waals surface area contributed by atoms with E-state index in [1.165, 1.54) is 32.3 Å². The first-order valence-corrected chi connectivity index (χ1v) is 12.5. The van der Waals surface area contributed by atoms with Crippen LogP contribution >= 0.6 is 0 Å². The Kier molecular flexibility index (Phi) is 7.47. The van der Waals surface area contributed by atoms with Crippen LogP contribution in [-0.4, -0.2) is 42.3 Å². The van der Waals surface area contributed by atoms with E-state index in [0.29, 0.717) is 17.7 Å². The molecule has 0 radical (unpaired) electrons. The Morgan fingerprint density at radius 1 is 0.972 bits per heavy atom. The van der Waals surface area contributed by atoms with Gasteiger partial charge in [-0.25, -0.2) is 9.37 Å². The van der Waals surface area contributed by atoms with Crippen molar-refractivity contribution in [2.75, 3.05) is 18.4 Å². The summed E-state index contributed by atoms with van der Waals surface area (Å²) in [6.07, 6.45) is 5.27. The number of amides is 1. The molecule has 1 heterocycles. The molecule has 0 saturated heterocycles. The normalized spacial score (nSPS) is 11.4. The third kappa shape index (κ3) is 5.61. The molecule has 8 nitrogen and oxygen atoms in total. The summed E-state index contributed by atoms with van der Waals surface area (Å²) in [6, 6.07) is 20.0. The van der Waals surface area contributed by atoms with Gasteiger partial charge >= 0.3 is 10.2 Å². The van der Waals surface area contributed by atoms with Crippen LogP contribution in [0.4, 0.5) is 10.1 Å². The van der Waals surface area contributed by atoms with Crippen molar-refractivity contribution in [1.29, 1.82) is 0 Å². The first kappa shape index (κ1) is 25.1. The molecule has 10 heteroatoms. The minimum atomic E-state index is -3.95. The SMILES string of the molecule is CN(C)S(=O)(=O)N(Cc1ccc(C(=O)NCc2ccc(-n3ccnc3)cc2)cc1)c1ccccc1F. The molecule has 1 aromatic heterocycles. The molecular formula is C26H26FN5O3S. The highest BCUT2D eigenvalue weighted by atomic mass is 32.2. The predicted octanol–water partition coefficient (Wildman–Crippen LogP) is 3.75. The van der Waals surface area contributed by atoms with Crippen molar-refractivity contribution in [2.45, 2.75) is 13.1 Å². The number of para-hydroxylation sites is 1. The number of hydrogen-bond donors (Lipinski definition) is 1. The molecule has 3 aromatic carbocycles. The molecule has 0 aliphatic heterocycles. The summed E-state index contributed by atoms with van der Waals surface area (Å²) in [5.74, 6) is -0.899. The van der Waals surface area contributed by atoms with Gasteiger partial charge in [-0.3, -0.25) is 9.10 Å². The van der Waals surface area contributed by atoms with E-state index in [1.807, 2.05) is 35.0 Å². The van der Waals surface area contributed by atoms with Crippen LogP contribution < -0.4 is 9.62 Å². The zero-order valence-corrected chi connectivity index (χ0v) is 20.7. The van der Waals surface area contributed by atoms with E-state index in [0.717, 1.165) is 19.9 Å². The van der Waals surface area contributed by atoms with Gasteiger partial charge in [-0.15, -0.1) is 0 Å². The molecule has 0 spiro atoms. The molecule has 0 aliphatic carbocycles. The second-order valence-electron chi connectivity index (χ2n) is 8.26. The molecule has 1 amide bonds. The second kappa shape index (κ2) is 10.7. The van der Waals surface area contributed by atoms with Gasteiger partial charge in [-0.1, -0.05) is 36.4 Å². The molecule has 0 atom stereocenters. The number of nitrogens with one attached hydrogen (secondary N) is 1. The Bertz CT molecular complexity index is 1420. The van der Waals surface area contributed by atoms with Gasteiger partial charge in [0.05, 0.1) is 18.6 Å². The van der Waals surface area contributed by atoms with E-state index in [2.05, 4.69) is 10.3 Å². The van der Waals surface area contributed by atoms with E-state index in [9.17, 15) is 17.6 Å². The number of benzene rings is 3. The first-order valence-electron chi connectivity index (χ1n) is 11.1. The number of hydrogen-bond acceptors (Lipinski definition) is 4. The van der Waals surface area contributed by atoms with Gasteiger partial charge in [0.2, 0.25) is 0 Å². The lowest BCUT2D eigenvalue weighted by molar-refractivity contribution is 0.0951. The van der Waals surface area contributed by atoms with Gasteiger partial charge in [0.25, 0.3) is 5.91 Å². The summed E-state index contributed by atoms with van der Waals surface area (Å²) in [6.45, 7) is 0.263. The lowest BCUT2D eigenvalue weighted by Gasteiger charge is -2.27. The average Bonchev–Trinajstić information content (AvgIpc) is 3.42. The number of imidazole rings is 1. The van der Waals surface area contributed by atoms with E-state index < -0.39 is 16.0 Å².